The molecule has 1 nitrogen and oxygen atoms in total. The van der Waals surface area contributed by atoms with Crippen LogP contribution in [0.2, 0.25) is 0 Å². The van der Waals surface area contributed by atoms with E-state index in [1.165, 1.54) is 33.1 Å². The van der Waals surface area contributed by atoms with Crippen molar-refractivity contribution in [3.63, 3.8) is 0 Å². The number of thiophene rings is 1. The van der Waals surface area contributed by atoms with Crippen molar-refractivity contribution < 1.29 is 0 Å². The molecule has 1 saturated carbocycles. The summed E-state index contributed by atoms with van der Waals surface area (Å²) in [6.45, 7) is 5.77. The van der Waals surface area contributed by atoms with Crippen molar-refractivity contribution in [2.45, 2.75) is 44.6 Å². The molecule has 16 heavy (non-hydrogen) atoms. The Labute approximate surface area is 118 Å². The quantitative estimate of drug-likeness (QED) is 0.796. The van der Waals surface area contributed by atoms with Gasteiger partial charge in [-0.25, -0.2) is 0 Å². The van der Waals surface area contributed by atoms with Crippen molar-refractivity contribution in [3.05, 3.63) is 19.2 Å². The van der Waals surface area contributed by atoms with Gasteiger partial charge in [0.05, 0.1) is 0 Å². The predicted octanol–water partition coefficient (Wildman–Crippen LogP) is 4.69. The van der Waals surface area contributed by atoms with Crippen molar-refractivity contribution in [2.24, 2.45) is 0 Å². The SMILES string of the molecule is CC(C)(CCNC1CC1)c1scc(Br)c1Br. The molecule has 1 heterocycles. The summed E-state index contributed by atoms with van der Waals surface area (Å²) >= 11 is 9.06. The van der Waals surface area contributed by atoms with E-state index >= 15 is 0 Å². The first-order valence-corrected chi connectivity index (χ1v) is 8.13. The molecule has 1 aliphatic carbocycles. The maximum atomic E-state index is 3.66. The molecule has 90 valence electrons. The zero-order valence-electron chi connectivity index (χ0n) is 9.65. The van der Waals surface area contributed by atoms with E-state index in [1.807, 2.05) is 11.3 Å². The lowest BCUT2D eigenvalue weighted by atomic mass is 9.87. The maximum Gasteiger partial charge on any atom is 0.0462 e. The van der Waals surface area contributed by atoms with Crippen LogP contribution in [0.4, 0.5) is 0 Å². The second-order valence-electron chi connectivity index (χ2n) is 5.09. The van der Waals surface area contributed by atoms with E-state index in [1.54, 1.807) is 0 Å². The maximum absolute atomic E-state index is 3.66. The van der Waals surface area contributed by atoms with Crippen LogP contribution in [-0.4, -0.2) is 12.6 Å². The van der Waals surface area contributed by atoms with E-state index in [0.29, 0.717) is 0 Å². The first kappa shape index (κ1) is 13.1. The summed E-state index contributed by atoms with van der Waals surface area (Å²) in [5.74, 6) is 0. The Kier molecular flexibility index (Phi) is 4.15. The highest BCUT2D eigenvalue weighted by molar-refractivity contribution is 9.13. The van der Waals surface area contributed by atoms with E-state index < -0.39 is 0 Å². The molecule has 0 bridgehead atoms. The molecular weight excluding hydrogens is 350 g/mol. The summed E-state index contributed by atoms with van der Waals surface area (Å²) in [7, 11) is 0. The van der Waals surface area contributed by atoms with Crippen molar-refractivity contribution >= 4 is 43.2 Å². The molecule has 0 unspecified atom stereocenters. The van der Waals surface area contributed by atoms with Gasteiger partial charge in [-0.15, -0.1) is 11.3 Å². The normalized spacial score (nSPS) is 16.8. The molecule has 0 atom stereocenters. The minimum absolute atomic E-state index is 0.247. The predicted molar refractivity (Wildman–Crippen MR) is 78.4 cm³/mol. The first-order valence-electron chi connectivity index (χ1n) is 5.67. The highest BCUT2D eigenvalue weighted by Gasteiger charge is 2.27. The lowest BCUT2D eigenvalue weighted by Gasteiger charge is -2.24. The highest BCUT2D eigenvalue weighted by Crippen LogP contribution is 2.41. The highest BCUT2D eigenvalue weighted by atomic mass is 79.9. The van der Waals surface area contributed by atoms with Crippen LogP contribution in [0.1, 0.15) is 38.0 Å². The summed E-state index contributed by atoms with van der Waals surface area (Å²) in [6, 6.07) is 0.814. The molecule has 1 aromatic rings. The summed E-state index contributed by atoms with van der Waals surface area (Å²) in [6.07, 6.45) is 3.93. The van der Waals surface area contributed by atoms with Gasteiger partial charge < -0.3 is 5.32 Å². The van der Waals surface area contributed by atoms with E-state index in [9.17, 15) is 0 Å². The fraction of sp³-hybridized carbons (Fsp3) is 0.667. The number of hydrogen-bond acceptors (Lipinski definition) is 2. The van der Waals surface area contributed by atoms with Gasteiger partial charge in [-0.1, -0.05) is 13.8 Å². The van der Waals surface area contributed by atoms with Gasteiger partial charge in [0.1, 0.15) is 0 Å². The van der Waals surface area contributed by atoms with Crippen LogP contribution in [0.5, 0.6) is 0 Å². The van der Waals surface area contributed by atoms with Gasteiger partial charge in [-0.05, 0) is 57.7 Å². The molecular formula is C12H17Br2NS. The Balaban J connectivity index is 1.96. The van der Waals surface area contributed by atoms with Crippen LogP contribution in [0, 0.1) is 0 Å². The molecule has 1 fully saturated rings. The summed E-state index contributed by atoms with van der Waals surface area (Å²) in [4.78, 5) is 1.44. The molecule has 0 aromatic carbocycles. The number of nitrogens with one attached hydrogen (secondary N) is 1. The molecule has 0 radical (unpaired) electrons. The lowest BCUT2D eigenvalue weighted by molar-refractivity contribution is 0.462. The number of hydrogen-bond donors (Lipinski definition) is 1. The average molecular weight is 367 g/mol. The third kappa shape index (κ3) is 3.09. The molecule has 1 aliphatic rings. The Morgan fingerprint density at radius 3 is 2.62 bits per heavy atom. The van der Waals surface area contributed by atoms with Crippen LogP contribution < -0.4 is 5.32 Å². The summed E-state index contributed by atoms with van der Waals surface area (Å²) in [5, 5.41) is 5.75. The minimum Gasteiger partial charge on any atom is -0.314 e. The third-order valence-corrected chi connectivity index (χ3v) is 6.96. The van der Waals surface area contributed by atoms with Gasteiger partial charge >= 0.3 is 0 Å². The van der Waals surface area contributed by atoms with Gasteiger partial charge in [0, 0.05) is 30.7 Å². The summed E-state index contributed by atoms with van der Waals surface area (Å²) < 4.78 is 2.41. The van der Waals surface area contributed by atoms with E-state index in [-0.39, 0.29) is 5.41 Å². The zero-order valence-corrected chi connectivity index (χ0v) is 13.6. The molecule has 0 saturated heterocycles. The smallest absolute Gasteiger partial charge is 0.0462 e. The average Bonchev–Trinajstić information content (AvgIpc) is 2.95. The van der Waals surface area contributed by atoms with E-state index in [4.69, 9.17) is 0 Å². The van der Waals surface area contributed by atoms with E-state index in [2.05, 4.69) is 56.4 Å². The Morgan fingerprint density at radius 2 is 2.12 bits per heavy atom. The van der Waals surface area contributed by atoms with Crippen LogP contribution in [-0.2, 0) is 5.41 Å². The monoisotopic (exact) mass is 365 g/mol. The van der Waals surface area contributed by atoms with Gasteiger partial charge in [-0.3, -0.25) is 0 Å². The molecule has 1 aromatic heterocycles. The Bertz CT molecular complexity index is 369. The van der Waals surface area contributed by atoms with Gasteiger partial charge in [-0.2, -0.15) is 0 Å². The second-order valence-corrected chi connectivity index (χ2v) is 7.62. The topological polar surface area (TPSA) is 12.0 Å². The Morgan fingerprint density at radius 1 is 1.44 bits per heavy atom. The second kappa shape index (κ2) is 5.09. The van der Waals surface area contributed by atoms with Crippen LogP contribution in [0.15, 0.2) is 14.3 Å². The molecule has 0 spiro atoms. The van der Waals surface area contributed by atoms with Crippen LogP contribution >= 0.6 is 43.2 Å². The molecule has 1 N–H and O–H groups in total. The third-order valence-electron chi connectivity index (χ3n) is 3.06. The molecule has 2 rings (SSSR count). The standard InChI is InChI=1S/C12H17Br2NS/c1-12(2,5-6-15-8-3-4-8)11-10(14)9(13)7-16-11/h7-8,15H,3-6H2,1-2H3. The largest absolute Gasteiger partial charge is 0.314 e. The Hall–Kier alpha value is 0.620. The number of halogens is 2. The fourth-order valence-electron chi connectivity index (χ4n) is 1.77. The minimum atomic E-state index is 0.247. The summed E-state index contributed by atoms with van der Waals surface area (Å²) in [5.41, 5.74) is 0.247. The van der Waals surface area contributed by atoms with Crippen molar-refractivity contribution in [1.82, 2.24) is 5.32 Å². The van der Waals surface area contributed by atoms with E-state index in [0.717, 1.165) is 12.6 Å². The number of rotatable bonds is 5. The molecule has 0 aliphatic heterocycles. The first-order chi connectivity index (χ1) is 7.50. The van der Waals surface area contributed by atoms with Gasteiger partial charge in [0.25, 0.3) is 0 Å². The lowest BCUT2D eigenvalue weighted by Crippen LogP contribution is -2.26. The molecule has 4 heteroatoms. The van der Waals surface area contributed by atoms with Crippen molar-refractivity contribution in [1.29, 1.82) is 0 Å². The zero-order chi connectivity index (χ0) is 11.8. The van der Waals surface area contributed by atoms with Crippen LogP contribution in [0.3, 0.4) is 0 Å². The van der Waals surface area contributed by atoms with Gasteiger partial charge in [0.2, 0.25) is 0 Å². The van der Waals surface area contributed by atoms with Crippen molar-refractivity contribution in [2.75, 3.05) is 6.54 Å². The van der Waals surface area contributed by atoms with Crippen LogP contribution in [0.25, 0.3) is 0 Å². The van der Waals surface area contributed by atoms with Crippen molar-refractivity contribution in [3.8, 4) is 0 Å². The fourth-order valence-corrected chi connectivity index (χ4v) is 4.44. The van der Waals surface area contributed by atoms with Gasteiger partial charge in [0.15, 0.2) is 0 Å². The molecule has 0 amide bonds.